The highest BCUT2D eigenvalue weighted by Crippen LogP contribution is 2.28. The van der Waals surface area contributed by atoms with E-state index in [1.807, 2.05) is 13.1 Å². The Morgan fingerprint density at radius 1 is 1.37 bits per heavy atom. The third-order valence-electron chi connectivity index (χ3n) is 3.16. The minimum absolute atomic E-state index is 0.801. The first kappa shape index (κ1) is 14.2. The number of ether oxygens (including phenoxy) is 1. The molecule has 0 aromatic carbocycles. The van der Waals surface area contributed by atoms with Crippen LogP contribution in [0.15, 0.2) is 12.4 Å². The van der Waals surface area contributed by atoms with Gasteiger partial charge < -0.3 is 10.1 Å². The van der Waals surface area contributed by atoms with Crippen LogP contribution in [0.5, 0.6) is 0 Å². The predicted octanol–water partition coefficient (Wildman–Crippen LogP) is 1.77. The molecule has 1 saturated carbocycles. The molecule has 0 radical (unpaired) electrons. The quantitative estimate of drug-likeness (QED) is 0.689. The average Bonchev–Trinajstić information content (AvgIpc) is 3.22. The summed E-state index contributed by atoms with van der Waals surface area (Å²) in [7, 11) is 2.08. The van der Waals surface area contributed by atoms with Crippen LogP contribution in [0.4, 0.5) is 5.82 Å². The van der Waals surface area contributed by atoms with Crippen LogP contribution in [0, 0.1) is 5.92 Å². The summed E-state index contributed by atoms with van der Waals surface area (Å²) in [5.74, 6) is 1.68. The van der Waals surface area contributed by atoms with Crippen LogP contribution in [-0.2, 0) is 11.3 Å². The summed E-state index contributed by atoms with van der Waals surface area (Å²) in [6, 6.07) is 0. The van der Waals surface area contributed by atoms with Crippen LogP contribution >= 0.6 is 0 Å². The van der Waals surface area contributed by atoms with E-state index in [1.54, 1.807) is 6.20 Å². The normalized spacial score (nSPS) is 14.9. The maximum atomic E-state index is 5.63. The van der Waals surface area contributed by atoms with Crippen molar-refractivity contribution in [2.75, 3.05) is 38.7 Å². The second kappa shape index (κ2) is 7.40. The molecule has 5 nitrogen and oxygen atoms in total. The maximum Gasteiger partial charge on any atom is 0.144 e. The molecule has 0 atom stereocenters. The van der Waals surface area contributed by atoms with Gasteiger partial charge in [-0.15, -0.1) is 0 Å². The van der Waals surface area contributed by atoms with E-state index in [4.69, 9.17) is 4.74 Å². The molecule has 0 bridgehead atoms. The van der Waals surface area contributed by atoms with Crippen molar-refractivity contribution in [2.45, 2.75) is 26.3 Å². The lowest BCUT2D eigenvalue weighted by Crippen LogP contribution is -2.23. The number of hydrogen-bond acceptors (Lipinski definition) is 5. The van der Waals surface area contributed by atoms with E-state index in [0.29, 0.717) is 0 Å². The Balaban J connectivity index is 1.63. The molecule has 0 unspecified atom stereocenters. The number of nitrogens with one attached hydrogen (secondary N) is 1. The highest BCUT2D eigenvalue weighted by Gasteiger charge is 2.20. The van der Waals surface area contributed by atoms with Gasteiger partial charge in [0.25, 0.3) is 0 Å². The van der Waals surface area contributed by atoms with Crippen LogP contribution in [0.25, 0.3) is 0 Å². The van der Waals surface area contributed by atoms with Gasteiger partial charge in [-0.2, -0.15) is 0 Å². The van der Waals surface area contributed by atoms with Crippen LogP contribution in [0.1, 0.15) is 25.5 Å². The Morgan fingerprint density at radius 3 is 2.84 bits per heavy atom. The first-order valence-electron chi connectivity index (χ1n) is 7.09. The fraction of sp³-hybridized carbons (Fsp3) is 0.714. The molecular formula is C14H24N4O. The van der Waals surface area contributed by atoms with Gasteiger partial charge in [-0.1, -0.05) is 0 Å². The summed E-state index contributed by atoms with van der Waals surface area (Å²) in [6.07, 6.45) is 6.32. The van der Waals surface area contributed by atoms with Crippen molar-refractivity contribution >= 4 is 5.82 Å². The number of aromatic nitrogens is 2. The Bertz CT molecular complexity index is 364. The molecule has 1 fully saturated rings. The fourth-order valence-corrected chi connectivity index (χ4v) is 1.82. The number of likely N-dealkylation sites (N-methyl/N-ethyl adjacent to an activating group) is 1. The van der Waals surface area contributed by atoms with Gasteiger partial charge in [0.05, 0.1) is 24.7 Å². The van der Waals surface area contributed by atoms with Crippen molar-refractivity contribution in [3.63, 3.8) is 0 Å². The lowest BCUT2D eigenvalue weighted by molar-refractivity contribution is 0.101. The van der Waals surface area contributed by atoms with Gasteiger partial charge in [0.2, 0.25) is 0 Å². The SMILES string of the molecule is CCNc1cnc(CN(C)CCOCC2CC2)cn1. The summed E-state index contributed by atoms with van der Waals surface area (Å²) in [4.78, 5) is 10.9. The smallest absolute Gasteiger partial charge is 0.144 e. The van der Waals surface area contributed by atoms with Crippen LogP contribution in [0.2, 0.25) is 0 Å². The molecule has 0 saturated heterocycles. The zero-order valence-corrected chi connectivity index (χ0v) is 11.9. The summed E-state index contributed by atoms with van der Waals surface area (Å²) in [6.45, 7) is 6.40. The molecule has 0 aliphatic heterocycles. The van der Waals surface area contributed by atoms with E-state index in [-0.39, 0.29) is 0 Å². The highest BCUT2D eigenvalue weighted by atomic mass is 16.5. The van der Waals surface area contributed by atoms with Gasteiger partial charge >= 0.3 is 0 Å². The van der Waals surface area contributed by atoms with Crippen LogP contribution < -0.4 is 5.32 Å². The Hall–Kier alpha value is -1.20. The molecule has 1 N–H and O–H groups in total. The zero-order valence-electron chi connectivity index (χ0n) is 11.9. The van der Waals surface area contributed by atoms with Crippen LogP contribution in [-0.4, -0.2) is 48.2 Å². The molecule has 0 amide bonds. The van der Waals surface area contributed by atoms with Gasteiger partial charge in [-0.25, -0.2) is 4.98 Å². The molecule has 1 aromatic rings. The van der Waals surface area contributed by atoms with Crippen molar-refractivity contribution in [2.24, 2.45) is 5.92 Å². The minimum Gasteiger partial charge on any atom is -0.380 e. The third kappa shape index (κ3) is 5.53. The van der Waals surface area contributed by atoms with Gasteiger partial charge in [0.15, 0.2) is 0 Å². The van der Waals surface area contributed by atoms with Crippen molar-refractivity contribution in [3.05, 3.63) is 18.1 Å². The van der Waals surface area contributed by atoms with Gasteiger partial charge in [-0.3, -0.25) is 9.88 Å². The Labute approximate surface area is 115 Å². The molecule has 1 aromatic heterocycles. The molecule has 2 rings (SSSR count). The first-order chi connectivity index (χ1) is 9.28. The lowest BCUT2D eigenvalue weighted by atomic mass is 10.4. The summed E-state index contributed by atoms with van der Waals surface area (Å²) in [5.41, 5.74) is 0.992. The molecule has 106 valence electrons. The van der Waals surface area contributed by atoms with E-state index < -0.39 is 0 Å². The molecule has 1 aliphatic rings. The minimum atomic E-state index is 0.801. The molecule has 0 spiro atoms. The van der Waals surface area contributed by atoms with Crippen molar-refractivity contribution in [1.29, 1.82) is 0 Å². The monoisotopic (exact) mass is 264 g/mol. The van der Waals surface area contributed by atoms with E-state index in [9.17, 15) is 0 Å². The number of nitrogens with zero attached hydrogens (tertiary/aromatic N) is 3. The van der Waals surface area contributed by atoms with Gasteiger partial charge in [0, 0.05) is 26.2 Å². The largest absolute Gasteiger partial charge is 0.380 e. The molecule has 5 heteroatoms. The fourth-order valence-electron chi connectivity index (χ4n) is 1.82. The second-order valence-electron chi connectivity index (χ2n) is 5.18. The molecule has 1 heterocycles. The van der Waals surface area contributed by atoms with E-state index in [2.05, 4.69) is 27.2 Å². The Morgan fingerprint density at radius 2 is 2.21 bits per heavy atom. The predicted molar refractivity (Wildman–Crippen MR) is 76.1 cm³/mol. The van der Waals surface area contributed by atoms with Crippen molar-refractivity contribution < 1.29 is 4.74 Å². The van der Waals surface area contributed by atoms with Gasteiger partial charge in [0.1, 0.15) is 5.82 Å². The van der Waals surface area contributed by atoms with Crippen LogP contribution in [0.3, 0.4) is 0 Å². The van der Waals surface area contributed by atoms with Gasteiger partial charge in [-0.05, 0) is 32.7 Å². The van der Waals surface area contributed by atoms with E-state index in [0.717, 1.165) is 50.3 Å². The summed E-state index contributed by atoms with van der Waals surface area (Å²) in [5, 5.41) is 3.14. The topological polar surface area (TPSA) is 50.3 Å². The average molecular weight is 264 g/mol. The number of rotatable bonds is 9. The summed E-state index contributed by atoms with van der Waals surface area (Å²) >= 11 is 0. The second-order valence-corrected chi connectivity index (χ2v) is 5.18. The maximum absolute atomic E-state index is 5.63. The standard InChI is InChI=1S/C14H24N4O/c1-3-15-14-9-16-13(8-17-14)10-18(2)6-7-19-11-12-4-5-12/h8-9,12H,3-7,10-11H2,1-2H3,(H,15,17). The molecular weight excluding hydrogens is 240 g/mol. The van der Waals surface area contributed by atoms with E-state index >= 15 is 0 Å². The summed E-state index contributed by atoms with van der Waals surface area (Å²) < 4.78 is 5.63. The van der Waals surface area contributed by atoms with Crippen molar-refractivity contribution in [3.8, 4) is 0 Å². The number of anilines is 1. The van der Waals surface area contributed by atoms with Crippen molar-refractivity contribution in [1.82, 2.24) is 14.9 Å². The number of hydrogen-bond donors (Lipinski definition) is 1. The highest BCUT2D eigenvalue weighted by molar-refractivity contribution is 5.30. The Kier molecular flexibility index (Phi) is 5.54. The zero-order chi connectivity index (χ0) is 13.5. The first-order valence-corrected chi connectivity index (χ1v) is 7.09. The molecule has 1 aliphatic carbocycles. The van der Waals surface area contributed by atoms with E-state index in [1.165, 1.54) is 12.8 Å². The lowest BCUT2D eigenvalue weighted by Gasteiger charge is -2.16. The molecule has 19 heavy (non-hydrogen) atoms. The third-order valence-corrected chi connectivity index (χ3v) is 3.16.